The summed E-state index contributed by atoms with van der Waals surface area (Å²) in [7, 11) is 0. The van der Waals surface area contributed by atoms with E-state index in [-0.39, 0.29) is 12.1 Å². The van der Waals surface area contributed by atoms with Crippen molar-refractivity contribution in [2.45, 2.75) is 58.2 Å². The van der Waals surface area contributed by atoms with Crippen molar-refractivity contribution >= 4 is 16.9 Å². The van der Waals surface area contributed by atoms with E-state index in [2.05, 4.69) is 35.5 Å². The molecule has 33 heavy (non-hydrogen) atoms. The molecule has 0 radical (unpaired) electrons. The van der Waals surface area contributed by atoms with Crippen molar-refractivity contribution in [1.82, 2.24) is 9.88 Å². The van der Waals surface area contributed by atoms with Crippen molar-refractivity contribution in [2.75, 3.05) is 13.1 Å². The van der Waals surface area contributed by atoms with Crippen LogP contribution in [-0.2, 0) is 0 Å². The van der Waals surface area contributed by atoms with E-state index in [0.717, 1.165) is 53.4 Å². The summed E-state index contributed by atoms with van der Waals surface area (Å²) < 4.78 is 5.76. The molecular formula is C27H32N4OS. The zero-order chi connectivity index (χ0) is 23.5. The third-order valence-electron chi connectivity index (χ3n) is 6.39. The van der Waals surface area contributed by atoms with Crippen LogP contribution < -0.4 is 10.5 Å². The maximum absolute atomic E-state index is 9.58. The number of hydrogen-bond acceptors (Lipinski definition) is 6. The maximum atomic E-state index is 9.58. The average Bonchev–Trinajstić information content (AvgIpc) is 3.54. The molecule has 2 aliphatic rings. The summed E-state index contributed by atoms with van der Waals surface area (Å²) in [6.07, 6.45) is 9.40. The molecule has 2 N–H and O–H groups in total. The van der Waals surface area contributed by atoms with Gasteiger partial charge in [0, 0.05) is 36.9 Å². The monoisotopic (exact) mass is 460 g/mol. The highest BCUT2D eigenvalue weighted by Crippen LogP contribution is 2.42. The molecule has 5 nitrogen and oxygen atoms in total. The van der Waals surface area contributed by atoms with E-state index < -0.39 is 0 Å². The van der Waals surface area contributed by atoms with Gasteiger partial charge in [-0.15, -0.1) is 11.3 Å². The van der Waals surface area contributed by atoms with Crippen LogP contribution in [0.2, 0.25) is 0 Å². The Morgan fingerprint density at radius 1 is 1.39 bits per heavy atom. The largest absolute Gasteiger partial charge is 0.490 e. The molecule has 2 aromatic rings. The Kier molecular flexibility index (Phi) is 7.14. The first-order chi connectivity index (χ1) is 15.9. The van der Waals surface area contributed by atoms with Crippen LogP contribution in [0.5, 0.6) is 5.75 Å². The maximum Gasteiger partial charge on any atom is 0.137 e. The van der Waals surface area contributed by atoms with E-state index >= 15 is 0 Å². The van der Waals surface area contributed by atoms with Crippen molar-refractivity contribution < 1.29 is 4.74 Å². The number of rotatable bonds is 6. The summed E-state index contributed by atoms with van der Waals surface area (Å²) in [5.74, 6) is 0.610. The average molecular weight is 461 g/mol. The fourth-order valence-electron chi connectivity index (χ4n) is 4.93. The molecule has 1 aliphatic carbocycles. The summed E-state index contributed by atoms with van der Waals surface area (Å²) in [4.78, 5) is 8.33. The fraction of sp³-hybridized carbons (Fsp3) is 0.407. The standard InChI is InChI=1S/C27H32N4OS/c1-5-21-23(8-9-24(21)31-12-11-20(29)16-31)22(6-2)26-15-30-27(33-26)18-7-10-25(32-17(3)4)19(13-18)14-28/h5-7,10,13,15,17,20,24H,2,8-9,11-12,16,29H2,1,3-4H3/b21-5+,23-22+. The Balaban J connectivity index is 1.64. The number of hydrogen-bond donors (Lipinski definition) is 1. The second kappa shape index (κ2) is 10.0. The number of nitrogens with zero attached hydrogens (tertiary/aromatic N) is 3. The molecule has 0 bridgehead atoms. The number of benzene rings is 1. The van der Waals surface area contributed by atoms with Crippen molar-refractivity contribution in [2.24, 2.45) is 5.73 Å². The van der Waals surface area contributed by atoms with Crippen molar-refractivity contribution in [3.63, 3.8) is 0 Å². The number of ether oxygens (including phenoxy) is 1. The van der Waals surface area contributed by atoms with E-state index in [1.807, 2.05) is 44.3 Å². The summed E-state index contributed by atoms with van der Waals surface area (Å²) in [6, 6.07) is 8.67. The molecule has 2 fully saturated rings. The molecule has 0 spiro atoms. The van der Waals surface area contributed by atoms with Gasteiger partial charge in [-0.3, -0.25) is 4.90 Å². The summed E-state index contributed by atoms with van der Waals surface area (Å²) >= 11 is 1.64. The van der Waals surface area contributed by atoms with Crippen LogP contribution in [0, 0.1) is 11.3 Å². The molecule has 172 valence electrons. The van der Waals surface area contributed by atoms with Crippen LogP contribution in [0.15, 0.2) is 54.3 Å². The molecule has 1 aliphatic heterocycles. The molecule has 1 aromatic heterocycles. The van der Waals surface area contributed by atoms with Gasteiger partial charge < -0.3 is 10.5 Å². The van der Waals surface area contributed by atoms with Crippen LogP contribution in [0.4, 0.5) is 0 Å². The van der Waals surface area contributed by atoms with Gasteiger partial charge in [0.2, 0.25) is 0 Å². The SMILES string of the molecule is C=C/C(=C1/CCC(N2CCC(N)C2)/C1=C/C)c1cnc(-c2ccc(OC(C)C)c(C#N)c2)s1. The van der Waals surface area contributed by atoms with E-state index in [9.17, 15) is 5.26 Å². The summed E-state index contributed by atoms with van der Waals surface area (Å²) in [5.41, 5.74) is 11.6. The molecule has 1 saturated carbocycles. The van der Waals surface area contributed by atoms with Crippen LogP contribution in [0.1, 0.15) is 50.5 Å². The van der Waals surface area contributed by atoms with Gasteiger partial charge in [-0.1, -0.05) is 18.7 Å². The zero-order valence-electron chi connectivity index (χ0n) is 19.7. The van der Waals surface area contributed by atoms with Crippen LogP contribution >= 0.6 is 11.3 Å². The Hall–Kier alpha value is -2.72. The molecule has 1 aromatic carbocycles. The normalized spacial score (nSPS) is 23.8. The molecular weight excluding hydrogens is 428 g/mol. The number of nitrogens with two attached hydrogens (primary N) is 1. The van der Waals surface area contributed by atoms with Gasteiger partial charge in [-0.25, -0.2) is 4.98 Å². The van der Waals surface area contributed by atoms with E-state index in [4.69, 9.17) is 10.5 Å². The molecule has 6 heteroatoms. The van der Waals surface area contributed by atoms with Crippen LogP contribution in [-0.4, -0.2) is 41.2 Å². The zero-order valence-corrected chi connectivity index (χ0v) is 20.5. The molecule has 1 saturated heterocycles. The van der Waals surface area contributed by atoms with Gasteiger partial charge in [-0.05, 0) is 75.0 Å². The van der Waals surface area contributed by atoms with Crippen LogP contribution in [0.3, 0.4) is 0 Å². The van der Waals surface area contributed by atoms with Gasteiger partial charge in [0.25, 0.3) is 0 Å². The van der Waals surface area contributed by atoms with Gasteiger partial charge in [0.05, 0.1) is 16.5 Å². The lowest BCUT2D eigenvalue weighted by molar-refractivity contribution is 0.242. The number of nitriles is 1. The second-order valence-electron chi connectivity index (χ2n) is 8.96. The summed E-state index contributed by atoms with van der Waals surface area (Å²) in [6.45, 7) is 12.2. The van der Waals surface area contributed by atoms with Crippen molar-refractivity contribution in [3.8, 4) is 22.4 Å². The number of allylic oxidation sites excluding steroid dienone is 3. The Labute approximate surface area is 200 Å². The highest BCUT2D eigenvalue weighted by Gasteiger charge is 2.34. The first-order valence-electron chi connectivity index (χ1n) is 11.6. The number of thiazole rings is 1. The molecule has 2 atom stereocenters. The highest BCUT2D eigenvalue weighted by molar-refractivity contribution is 7.16. The Bertz CT molecular complexity index is 1140. The first-order valence-corrected chi connectivity index (χ1v) is 12.5. The number of likely N-dealkylation sites (tertiary alicyclic amines) is 1. The molecule has 0 amide bonds. The van der Waals surface area contributed by atoms with E-state index in [1.54, 1.807) is 11.3 Å². The molecule has 2 unspecified atom stereocenters. The Morgan fingerprint density at radius 2 is 2.21 bits per heavy atom. The lowest BCUT2D eigenvalue weighted by Crippen LogP contribution is -2.34. The first kappa shape index (κ1) is 23.4. The minimum atomic E-state index is 0.0172. The van der Waals surface area contributed by atoms with Crippen LogP contribution in [0.25, 0.3) is 16.1 Å². The third kappa shape index (κ3) is 4.81. The predicted molar refractivity (Wildman–Crippen MR) is 136 cm³/mol. The summed E-state index contributed by atoms with van der Waals surface area (Å²) in [5, 5.41) is 10.5. The van der Waals surface area contributed by atoms with E-state index in [0.29, 0.717) is 17.4 Å². The lowest BCUT2D eigenvalue weighted by Gasteiger charge is -2.25. The molecule has 2 heterocycles. The quantitative estimate of drug-likeness (QED) is 0.612. The van der Waals surface area contributed by atoms with Gasteiger partial charge in [0.15, 0.2) is 0 Å². The van der Waals surface area contributed by atoms with Gasteiger partial charge in [0.1, 0.15) is 16.8 Å². The van der Waals surface area contributed by atoms with E-state index in [1.165, 1.54) is 11.1 Å². The fourth-order valence-corrected chi connectivity index (χ4v) is 5.91. The van der Waals surface area contributed by atoms with Gasteiger partial charge >= 0.3 is 0 Å². The topological polar surface area (TPSA) is 75.2 Å². The second-order valence-corrected chi connectivity index (χ2v) is 9.99. The lowest BCUT2D eigenvalue weighted by atomic mass is 9.99. The minimum Gasteiger partial charge on any atom is -0.490 e. The minimum absolute atomic E-state index is 0.0172. The molecule has 4 rings (SSSR count). The van der Waals surface area contributed by atoms with Crippen molar-refractivity contribution in [3.05, 3.63) is 64.7 Å². The highest BCUT2D eigenvalue weighted by atomic mass is 32.1. The third-order valence-corrected chi connectivity index (χ3v) is 7.47. The predicted octanol–water partition coefficient (Wildman–Crippen LogP) is 5.55. The Morgan fingerprint density at radius 3 is 2.85 bits per heavy atom. The number of aromatic nitrogens is 1. The van der Waals surface area contributed by atoms with Gasteiger partial charge in [-0.2, -0.15) is 5.26 Å². The van der Waals surface area contributed by atoms with Crippen molar-refractivity contribution in [1.29, 1.82) is 5.26 Å². The smallest absolute Gasteiger partial charge is 0.137 e.